The van der Waals surface area contributed by atoms with Gasteiger partial charge < -0.3 is 0 Å². The lowest BCUT2D eigenvalue weighted by molar-refractivity contribution is 0.522. The summed E-state index contributed by atoms with van der Waals surface area (Å²) < 4.78 is 3.82. The maximum absolute atomic E-state index is 5.82. The molecule has 0 spiro atoms. The van der Waals surface area contributed by atoms with Crippen molar-refractivity contribution in [1.82, 2.24) is 9.59 Å². The summed E-state index contributed by atoms with van der Waals surface area (Å²) in [4.78, 5) is 0. The van der Waals surface area contributed by atoms with E-state index in [2.05, 4.69) is 16.5 Å². The van der Waals surface area contributed by atoms with E-state index in [9.17, 15) is 0 Å². The highest BCUT2D eigenvalue weighted by Gasteiger charge is 2.08. The second-order valence-electron chi connectivity index (χ2n) is 2.91. The fraction of sp³-hybridized carbons (Fsp3) is 0.750. The Morgan fingerprint density at radius 1 is 1.67 bits per heavy atom. The molecule has 0 saturated heterocycles. The average molecular weight is 205 g/mol. The number of aromatic nitrogens is 2. The van der Waals surface area contributed by atoms with Crippen LogP contribution in [0.3, 0.4) is 0 Å². The van der Waals surface area contributed by atoms with Gasteiger partial charge in [0.05, 0.1) is 5.69 Å². The summed E-state index contributed by atoms with van der Waals surface area (Å²) in [5, 5.41) is 5.99. The monoisotopic (exact) mass is 204 g/mol. The molecule has 0 radical (unpaired) electrons. The first kappa shape index (κ1) is 9.93. The van der Waals surface area contributed by atoms with Crippen LogP contribution in [0.15, 0.2) is 5.38 Å². The van der Waals surface area contributed by atoms with Gasteiger partial charge in [-0.2, -0.15) is 0 Å². The highest BCUT2D eigenvalue weighted by Crippen LogP contribution is 2.14. The zero-order valence-corrected chi connectivity index (χ0v) is 8.74. The Morgan fingerprint density at radius 3 is 3.00 bits per heavy atom. The van der Waals surface area contributed by atoms with Crippen molar-refractivity contribution >= 4 is 23.1 Å². The SMILES string of the molecule is CCCC(CCl)Cc1csnn1. The first-order valence-electron chi connectivity index (χ1n) is 4.18. The molecule has 0 aliphatic heterocycles. The minimum atomic E-state index is 0.570. The van der Waals surface area contributed by atoms with E-state index in [1.54, 1.807) is 0 Å². The molecule has 0 aliphatic carbocycles. The van der Waals surface area contributed by atoms with Gasteiger partial charge in [-0.25, -0.2) is 0 Å². The van der Waals surface area contributed by atoms with Gasteiger partial charge in [0.1, 0.15) is 0 Å². The Kier molecular flexibility index (Phi) is 4.54. The Labute approximate surface area is 82.1 Å². The standard InChI is InChI=1S/C8H13ClN2S/c1-2-3-7(5-9)4-8-6-12-11-10-8/h6-7H,2-5H2,1H3. The van der Waals surface area contributed by atoms with Gasteiger partial charge in [0.2, 0.25) is 0 Å². The molecule has 0 saturated carbocycles. The van der Waals surface area contributed by atoms with Crippen LogP contribution in [0.25, 0.3) is 0 Å². The number of rotatable bonds is 5. The molecule has 1 heterocycles. The molecule has 0 aliphatic rings. The number of alkyl halides is 1. The first-order valence-corrected chi connectivity index (χ1v) is 5.55. The summed E-state index contributed by atoms with van der Waals surface area (Å²) in [6.07, 6.45) is 3.35. The van der Waals surface area contributed by atoms with E-state index in [1.165, 1.54) is 24.4 Å². The van der Waals surface area contributed by atoms with Crippen LogP contribution in [0.2, 0.25) is 0 Å². The van der Waals surface area contributed by atoms with Crippen LogP contribution in [-0.2, 0) is 6.42 Å². The van der Waals surface area contributed by atoms with Gasteiger partial charge in [-0.1, -0.05) is 17.8 Å². The molecular weight excluding hydrogens is 192 g/mol. The van der Waals surface area contributed by atoms with Crippen molar-refractivity contribution in [3.63, 3.8) is 0 Å². The van der Waals surface area contributed by atoms with Gasteiger partial charge in [0.25, 0.3) is 0 Å². The molecule has 1 aromatic rings. The first-order chi connectivity index (χ1) is 5.86. The zero-order valence-electron chi connectivity index (χ0n) is 7.16. The lowest BCUT2D eigenvalue weighted by Gasteiger charge is -2.09. The molecule has 68 valence electrons. The van der Waals surface area contributed by atoms with Gasteiger partial charge in [-0.15, -0.1) is 16.7 Å². The number of halogens is 1. The summed E-state index contributed by atoms with van der Waals surface area (Å²) >= 11 is 7.22. The Balaban J connectivity index is 2.37. The summed E-state index contributed by atoms with van der Waals surface area (Å²) in [6.45, 7) is 2.18. The number of nitrogens with zero attached hydrogens (tertiary/aromatic N) is 2. The summed E-state index contributed by atoms with van der Waals surface area (Å²) in [7, 11) is 0. The van der Waals surface area contributed by atoms with Crippen molar-refractivity contribution in [2.45, 2.75) is 26.2 Å². The van der Waals surface area contributed by atoms with Crippen molar-refractivity contribution in [2.75, 3.05) is 5.88 Å². The Bertz CT molecular complexity index is 201. The molecular formula is C8H13ClN2S. The molecule has 1 atom stereocenters. The van der Waals surface area contributed by atoms with E-state index in [0.717, 1.165) is 18.0 Å². The Morgan fingerprint density at radius 2 is 2.50 bits per heavy atom. The summed E-state index contributed by atoms with van der Waals surface area (Å²) in [5.74, 6) is 1.30. The van der Waals surface area contributed by atoms with E-state index in [4.69, 9.17) is 11.6 Å². The van der Waals surface area contributed by atoms with Gasteiger partial charge in [0, 0.05) is 11.3 Å². The van der Waals surface area contributed by atoms with Gasteiger partial charge >= 0.3 is 0 Å². The van der Waals surface area contributed by atoms with Crippen LogP contribution in [0.1, 0.15) is 25.5 Å². The molecule has 1 aromatic heterocycles. The third-order valence-corrected chi connectivity index (χ3v) is 2.81. The van der Waals surface area contributed by atoms with E-state index < -0.39 is 0 Å². The lowest BCUT2D eigenvalue weighted by atomic mass is 10.0. The molecule has 0 fully saturated rings. The van der Waals surface area contributed by atoms with Crippen molar-refractivity contribution in [1.29, 1.82) is 0 Å². The maximum Gasteiger partial charge on any atom is 0.0758 e. The van der Waals surface area contributed by atoms with Gasteiger partial charge in [-0.05, 0) is 30.3 Å². The molecule has 0 N–H and O–H groups in total. The molecule has 1 unspecified atom stereocenters. The topological polar surface area (TPSA) is 25.8 Å². The molecule has 2 nitrogen and oxygen atoms in total. The second kappa shape index (κ2) is 5.49. The predicted molar refractivity (Wildman–Crippen MR) is 52.7 cm³/mol. The maximum atomic E-state index is 5.82. The molecule has 0 amide bonds. The van der Waals surface area contributed by atoms with Crippen LogP contribution in [-0.4, -0.2) is 15.5 Å². The minimum absolute atomic E-state index is 0.570. The zero-order chi connectivity index (χ0) is 8.81. The molecule has 1 rings (SSSR count). The molecule has 0 aromatic carbocycles. The van der Waals surface area contributed by atoms with Gasteiger partial charge in [0.15, 0.2) is 0 Å². The van der Waals surface area contributed by atoms with E-state index in [-0.39, 0.29) is 0 Å². The quantitative estimate of drug-likeness (QED) is 0.690. The largest absolute Gasteiger partial charge is 0.143 e. The summed E-state index contributed by atoms with van der Waals surface area (Å²) in [5.41, 5.74) is 1.08. The van der Waals surface area contributed by atoms with Crippen LogP contribution in [0.5, 0.6) is 0 Å². The van der Waals surface area contributed by atoms with E-state index >= 15 is 0 Å². The predicted octanol–water partition coefficient (Wildman–Crippen LogP) is 2.74. The van der Waals surface area contributed by atoms with Crippen LogP contribution < -0.4 is 0 Å². The lowest BCUT2D eigenvalue weighted by Crippen LogP contribution is -2.06. The number of hydrogen-bond acceptors (Lipinski definition) is 3. The second-order valence-corrected chi connectivity index (χ2v) is 3.83. The number of hydrogen-bond donors (Lipinski definition) is 0. The molecule has 0 bridgehead atoms. The van der Waals surface area contributed by atoms with Crippen LogP contribution >= 0.6 is 23.1 Å². The fourth-order valence-corrected chi connectivity index (χ4v) is 1.94. The van der Waals surface area contributed by atoms with Crippen molar-refractivity contribution in [3.8, 4) is 0 Å². The highest BCUT2D eigenvalue weighted by molar-refractivity contribution is 7.03. The van der Waals surface area contributed by atoms with Crippen molar-refractivity contribution in [3.05, 3.63) is 11.1 Å². The average Bonchev–Trinajstić information content (AvgIpc) is 2.56. The Hall–Kier alpha value is -0.150. The van der Waals surface area contributed by atoms with E-state index in [0.29, 0.717) is 5.92 Å². The minimum Gasteiger partial charge on any atom is -0.143 e. The third kappa shape index (κ3) is 3.07. The smallest absolute Gasteiger partial charge is 0.0758 e. The fourth-order valence-electron chi connectivity index (χ4n) is 1.21. The third-order valence-electron chi connectivity index (χ3n) is 1.82. The summed E-state index contributed by atoms with van der Waals surface area (Å²) in [6, 6.07) is 0. The van der Waals surface area contributed by atoms with Gasteiger partial charge in [-0.3, -0.25) is 0 Å². The van der Waals surface area contributed by atoms with Crippen molar-refractivity contribution < 1.29 is 0 Å². The van der Waals surface area contributed by atoms with Crippen molar-refractivity contribution in [2.24, 2.45) is 5.92 Å². The van der Waals surface area contributed by atoms with E-state index in [1.807, 2.05) is 5.38 Å². The highest BCUT2D eigenvalue weighted by atomic mass is 35.5. The molecule has 4 heteroatoms. The van der Waals surface area contributed by atoms with Crippen LogP contribution in [0.4, 0.5) is 0 Å². The normalized spacial score (nSPS) is 13.2. The molecule has 12 heavy (non-hydrogen) atoms. The van der Waals surface area contributed by atoms with Crippen LogP contribution in [0, 0.1) is 5.92 Å².